The van der Waals surface area contributed by atoms with Gasteiger partial charge >= 0.3 is 0 Å². The number of amides is 1. The van der Waals surface area contributed by atoms with Crippen molar-refractivity contribution in [1.29, 1.82) is 0 Å². The molecule has 0 saturated heterocycles. The monoisotopic (exact) mass is 296 g/mol. The molecule has 0 spiro atoms. The zero-order valence-corrected chi connectivity index (χ0v) is 12.6. The van der Waals surface area contributed by atoms with E-state index >= 15 is 0 Å². The maximum Gasteiger partial charge on any atom is 0.255 e. The first-order valence-corrected chi connectivity index (χ1v) is 7.56. The molecule has 0 radical (unpaired) electrons. The first-order valence-electron chi connectivity index (χ1n) is 7.56. The van der Waals surface area contributed by atoms with Gasteiger partial charge in [0.15, 0.2) is 0 Å². The highest BCUT2D eigenvalue weighted by molar-refractivity contribution is 5.96. The topological polar surface area (TPSA) is 61.4 Å². The van der Waals surface area contributed by atoms with E-state index in [2.05, 4.69) is 22.8 Å². The number of aromatic hydroxyl groups is 1. The van der Waals surface area contributed by atoms with E-state index in [4.69, 9.17) is 0 Å². The number of carbonyl (C=O) groups excluding carboxylic acids is 1. The largest absolute Gasteiger partial charge is 0.507 e. The molecule has 1 unspecified atom stereocenters. The highest BCUT2D eigenvalue weighted by atomic mass is 16.3. The van der Waals surface area contributed by atoms with Gasteiger partial charge in [0.1, 0.15) is 5.75 Å². The fourth-order valence-corrected chi connectivity index (χ4v) is 2.90. The predicted octanol–water partition coefficient (Wildman–Crippen LogP) is 3.03. The van der Waals surface area contributed by atoms with Crippen LogP contribution in [0, 0.1) is 6.92 Å². The number of hydrogen-bond donors (Lipinski definition) is 3. The number of nitrogens with one attached hydrogen (secondary N) is 2. The molecule has 0 saturated carbocycles. The standard InChI is InChI=1S/C18H20N2O2/c1-12-6-7-17(21)15(10-12)18(22)19-9-8-13-11-20-16-5-3-2-4-14(13)16/h2-7,10,13,20-21H,8-9,11H2,1H3,(H,19,22). The van der Waals surface area contributed by atoms with Crippen molar-refractivity contribution in [3.63, 3.8) is 0 Å². The maximum atomic E-state index is 12.2. The molecule has 2 aromatic rings. The first kappa shape index (κ1) is 14.4. The third-order valence-electron chi connectivity index (χ3n) is 4.11. The first-order chi connectivity index (χ1) is 10.6. The Kier molecular flexibility index (Phi) is 4.00. The number of rotatable bonds is 4. The van der Waals surface area contributed by atoms with Crippen LogP contribution >= 0.6 is 0 Å². The molecule has 0 aliphatic carbocycles. The molecule has 2 aromatic carbocycles. The highest BCUT2D eigenvalue weighted by Gasteiger charge is 2.21. The van der Waals surface area contributed by atoms with Crippen LogP contribution in [-0.2, 0) is 0 Å². The second-order valence-corrected chi connectivity index (χ2v) is 5.73. The van der Waals surface area contributed by atoms with Crippen LogP contribution < -0.4 is 10.6 Å². The van der Waals surface area contributed by atoms with Crippen molar-refractivity contribution in [3.8, 4) is 5.75 Å². The third kappa shape index (κ3) is 2.91. The van der Waals surface area contributed by atoms with Crippen LogP contribution in [0.4, 0.5) is 5.69 Å². The molecule has 0 fully saturated rings. The van der Waals surface area contributed by atoms with Crippen LogP contribution in [-0.4, -0.2) is 24.1 Å². The Hall–Kier alpha value is -2.49. The number of benzene rings is 2. The minimum atomic E-state index is -0.222. The zero-order valence-electron chi connectivity index (χ0n) is 12.6. The van der Waals surface area contributed by atoms with Gasteiger partial charge < -0.3 is 15.7 Å². The molecule has 1 amide bonds. The lowest BCUT2D eigenvalue weighted by Gasteiger charge is -2.12. The van der Waals surface area contributed by atoms with Gasteiger partial charge in [-0.25, -0.2) is 0 Å². The molecule has 0 aromatic heterocycles. The predicted molar refractivity (Wildman–Crippen MR) is 87.5 cm³/mol. The van der Waals surface area contributed by atoms with Gasteiger partial charge in [-0.15, -0.1) is 0 Å². The van der Waals surface area contributed by atoms with Crippen molar-refractivity contribution in [2.75, 3.05) is 18.4 Å². The normalized spacial score (nSPS) is 16.0. The summed E-state index contributed by atoms with van der Waals surface area (Å²) < 4.78 is 0. The minimum Gasteiger partial charge on any atom is -0.507 e. The van der Waals surface area contributed by atoms with Crippen molar-refractivity contribution >= 4 is 11.6 Å². The number of hydrogen-bond acceptors (Lipinski definition) is 3. The van der Waals surface area contributed by atoms with Gasteiger partial charge in [0.05, 0.1) is 5.56 Å². The van der Waals surface area contributed by atoms with Crippen LogP contribution in [0.3, 0.4) is 0 Å². The Morgan fingerprint density at radius 3 is 3.00 bits per heavy atom. The number of para-hydroxylation sites is 1. The molecule has 0 bridgehead atoms. The summed E-state index contributed by atoms with van der Waals surface area (Å²) in [6, 6.07) is 13.3. The van der Waals surface area contributed by atoms with Gasteiger partial charge in [0.2, 0.25) is 0 Å². The third-order valence-corrected chi connectivity index (χ3v) is 4.11. The summed E-state index contributed by atoms with van der Waals surface area (Å²) in [5.41, 5.74) is 3.80. The minimum absolute atomic E-state index is 0.0241. The molecule has 114 valence electrons. The second kappa shape index (κ2) is 6.10. The average molecular weight is 296 g/mol. The van der Waals surface area contributed by atoms with Gasteiger partial charge in [-0.2, -0.15) is 0 Å². The Balaban J connectivity index is 1.58. The maximum absolute atomic E-state index is 12.2. The molecule has 3 N–H and O–H groups in total. The van der Waals surface area contributed by atoms with Gasteiger partial charge in [0.25, 0.3) is 5.91 Å². The van der Waals surface area contributed by atoms with E-state index in [0.717, 1.165) is 18.5 Å². The Bertz CT molecular complexity index is 697. The Morgan fingerprint density at radius 2 is 2.14 bits per heavy atom. The molecule has 3 rings (SSSR count). The average Bonchev–Trinajstić information content (AvgIpc) is 2.93. The molecule has 1 atom stereocenters. The molecule has 4 heteroatoms. The van der Waals surface area contributed by atoms with Gasteiger partial charge in [-0.3, -0.25) is 4.79 Å². The van der Waals surface area contributed by atoms with Gasteiger partial charge in [-0.1, -0.05) is 29.8 Å². The second-order valence-electron chi connectivity index (χ2n) is 5.73. The number of anilines is 1. The summed E-state index contributed by atoms with van der Waals surface area (Å²) in [4.78, 5) is 12.2. The number of aryl methyl sites for hydroxylation is 1. The van der Waals surface area contributed by atoms with Crippen LogP contribution in [0.1, 0.15) is 33.8 Å². The van der Waals surface area contributed by atoms with Crippen LogP contribution in [0.15, 0.2) is 42.5 Å². The van der Waals surface area contributed by atoms with E-state index in [-0.39, 0.29) is 11.7 Å². The van der Waals surface area contributed by atoms with Gasteiger partial charge in [-0.05, 0) is 37.1 Å². The van der Waals surface area contributed by atoms with Crippen molar-refractivity contribution in [2.24, 2.45) is 0 Å². The van der Waals surface area contributed by atoms with E-state index in [9.17, 15) is 9.90 Å². The van der Waals surface area contributed by atoms with Gasteiger partial charge in [0, 0.05) is 24.7 Å². The quantitative estimate of drug-likeness (QED) is 0.812. The SMILES string of the molecule is Cc1ccc(O)c(C(=O)NCCC2CNc3ccccc32)c1. The highest BCUT2D eigenvalue weighted by Crippen LogP contribution is 2.32. The Morgan fingerprint density at radius 1 is 1.32 bits per heavy atom. The summed E-state index contributed by atoms with van der Waals surface area (Å²) >= 11 is 0. The van der Waals surface area contributed by atoms with E-state index in [1.165, 1.54) is 11.3 Å². The van der Waals surface area contributed by atoms with Crippen LogP contribution in [0.25, 0.3) is 0 Å². The molecule has 1 aliphatic heterocycles. The Labute approximate surface area is 130 Å². The molecule has 1 aliphatic rings. The summed E-state index contributed by atoms with van der Waals surface area (Å²) in [6.45, 7) is 3.40. The van der Waals surface area contributed by atoms with Crippen LogP contribution in [0.2, 0.25) is 0 Å². The molecule has 22 heavy (non-hydrogen) atoms. The number of phenolic OH excluding ortho intramolecular Hbond substituents is 1. The molecular weight excluding hydrogens is 276 g/mol. The number of fused-ring (bicyclic) bond motifs is 1. The molecule has 1 heterocycles. The lowest BCUT2D eigenvalue weighted by atomic mass is 9.98. The van der Waals surface area contributed by atoms with Crippen molar-refractivity contribution in [2.45, 2.75) is 19.3 Å². The van der Waals surface area contributed by atoms with Crippen molar-refractivity contribution < 1.29 is 9.90 Å². The van der Waals surface area contributed by atoms with E-state index in [0.29, 0.717) is 18.0 Å². The smallest absolute Gasteiger partial charge is 0.255 e. The lowest BCUT2D eigenvalue weighted by Crippen LogP contribution is -2.26. The van der Waals surface area contributed by atoms with Crippen LogP contribution in [0.5, 0.6) is 5.75 Å². The summed E-state index contributed by atoms with van der Waals surface area (Å²) in [5, 5.41) is 16.1. The van der Waals surface area contributed by atoms with Crippen molar-refractivity contribution in [3.05, 3.63) is 59.2 Å². The summed E-state index contributed by atoms with van der Waals surface area (Å²) in [5.74, 6) is 0.221. The van der Waals surface area contributed by atoms with E-state index in [1.807, 2.05) is 19.1 Å². The summed E-state index contributed by atoms with van der Waals surface area (Å²) in [6.07, 6.45) is 0.877. The molecule has 4 nitrogen and oxygen atoms in total. The lowest BCUT2D eigenvalue weighted by molar-refractivity contribution is 0.0950. The van der Waals surface area contributed by atoms with Crippen molar-refractivity contribution in [1.82, 2.24) is 5.32 Å². The molecular formula is C18H20N2O2. The summed E-state index contributed by atoms with van der Waals surface area (Å²) in [7, 11) is 0. The van der Waals surface area contributed by atoms with E-state index in [1.54, 1.807) is 18.2 Å². The fraction of sp³-hybridized carbons (Fsp3) is 0.278. The number of phenols is 1. The fourth-order valence-electron chi connectivity index (χ4n) is 2.90. The number of carbonyl (C=O) groups is 1. The van der Waals surface area contributed by atoms with E-state index < -0.39 is 0 Å². The zero-order chi connectivity index (χ0) is 15.5.